The van der Waals surface area contributed by atoms with Gasteiger partial charge in [-0.3, -0.25) is 9.63 Å². The van der Waals surface area contributed by atoms with Crippen molar-refractivity contribution in [3.8, 4) is 11.5 Å². The summed E-state index contributed by atoms with van der Waals surface area (Å²) in [5.74, 6) is -0.309. The maximum atomic E-state index is 12.2. The number of anilines is 1. The Morgan fingerprint density at radius 2 is 1.83 bits per heavy atom. The van der Waals surface area contributed by atoms with E-state index in [0.717, 1.165) is 0 Å². The van der Waals surface area contributed by atoms with Crippen molar-refractivity contribution in [1.82, 2.24) is 0 Å². The van der Waals surface area contributed by atoms with E-state index in [1.165, 1.54) is 32.4 Å². The van der Waals surface area contributed by atoms with Gasteiger partial charge in [-0.25, -0.2) is 4.79 Å². The van der Waals surface area contributed by atoms with Gasteiger partial charge in [0.1, 0.15) is 0 Å². The molecule has 1 amide bonds. The molecular formula is C19H18N2O8. The minimum Gasteiger partial charge on any atom is -0.493 e. The number of nitrogens with zero attached hydrogens (tertiary/aromatic N) is 1. The van der Waals surface area contributed by atoms with Gasteiger partial charge in [-0.05, 0) is 35.9 Å². The minimum absolute atomic E-state index is 0.0207. The summed E-state index contributed by atoms with van der Waals surface area (Å²) in [4.78, 5) is 38.3. The van der Waals surface area contributed by atoms with E-state index in [4.69, 9.17) is 9.47 Å². The molecule has 0 heterocycles. The molecule has 0 aliphatic carbocycles. The van der Waals surface area contributed by atoms with Gasteiger partial charge in [-0.15, -0.1) is 10.1 Å². The van der Waals surface area contributed by atoms with Crippen LogP contribution < -0.4 is 14.8 Å². The molecule has 0 unspecified atom stereocenters. The van der Waals surface area contributed by atoms with Crippen LogP contribution in [0, 0.1) is 10.1 Å². The molecule has 29 heavy (non-hydrogen) atoms. The van der Waals surface area contributed by atoms with Crippen LogP contribution in [0.15, 0.2) is 48.5 Å². The molecule has 2 aromatic rings. The number of nitrogens with one attached hydrogen (secondary N) is 1. The Morgan fingerprint density at radius 3 is 2.52 bits per heavy atom. The van der Waals surface area contributed by atoms with Gasteiger partial charge in [0, 0.05) is 6.08 Å². The quantitative estimate of drug-likeness (QED) is 0.223. The number of amides is 1. The number of hydrogen-bond donors (Lipinski definition) is 1. The lowest BCUT2D eigenvalue weighted by molar-refractivity contribution is -0.765. The Balaban J connectivity index is 2.06. The lowest BCUT2D eigenvalue weighted by Gasteiger charge is -2.09. The van der Waals surface area contributed by atoms with Crippen molar-refractivity contribution in [1.29, 1.82) is 0 Å². The smallest absolute Gasteiger partial charge is 0.342 e. The molecule has 0 atom stereocenters. The summed E-state index contributed by atoms with van der Waals surface area (Å²) in [6.07, 6.45) is 2.84. The van der Waals surface area contributed by atoms with E-state index in [0.29, 0.717) is 17.1 Å². The highest BCUT2D eigenvalue weighted by atomic mass is 17.0. The molecule has 0 saturated carbocycles. The van der Waals surface area contributed by atoms with E-state index < -0.39 is 23.8 Å². The van der Waals surface area contributed by atoms with E-state index in [9.17, 15) is 19.7 Å². The zero-order chi connectivity index (χ0) is 21.2. The summed E-state index contributed by atoms with van der Waals surface area (Å²) >= 11 is 0. The predicted molar refractivity (Wildman–Crippen MR) is 102 cm³/mol. The zero-order valence-electron chi connectivity index (χ0n) is 15.6. The van der Waals surface area contributed by atoms with E-state index >= 15 is 0 Å². The number of benzene rings is 2. The fraction of sp³-hybridized carbons (Fsp3) is 0.158. The molecule has 152 valence electrons. The minimum atomic E-state index is -1.08. The molecule has 2 rings (SSSR count). The molecular weight excluding hydrogens is 384 g/mol. The molecule has 1 N–H and O–H groups in total. The van der Waals surface area contributed by atoms with Crippen molar-refractivity contribution in [2.75, 3.05) is 26.3 Å². The van der Waals surface area contributed by atoms with Crippen molar-refractivity contribution in [2.24, 2.45) is 0 Å². The fourth-order valence-electron chi connectivity index (χ4n) is 2.27. The summed E-state index contributed by atoms with van der Waals surface area (Å²) in [7, 11) is 3.03. The van der Waals surface area contributed by atoms with Gasteiger partial charge in [0.05, 0.1) is 25.5 Å². The second-order valence-corrected chi connectivity index (χ2v) is 5.38. The highest BCUT2D eigenvalue weighted by molar-refractivity contribution is 6.06. The van der Waals surface area contributed by atoms with Crippen LogP contribution in [0.1, 0.15) is 15.9 Å². The average molecular weight is 402 g/mol. The Bertz CT molecular complexity index is 926. The SMILES string of the molecule is COc1ccc(/C=C/C(=O)Nc2ccccc2C(=O)OCO[N+](=O)[O-])cc1OC. The van der Waals surface area contributed by atoms with Crippen LogP contribution in [0.25, 0.3) is 6.08 Å². The first-order valence-electron chi connectivity index (χ1n) is 8.19. The number of ether oxygens (including phenoxy) is 3. The lowest BCUT2D eigenvalue weighted by Crippen LogP contribution is -2.15. The van der Waals surface area contributed by atoms with Gasteiger partial charge in [0.15, 0.2) is 11.5 Å². The molecule has 0 aliphatic heterocycles. The number of carbonyl (C=O) groups is 2. The summed E-state index contributed by atoms with van der Waals surface area (Å²) in [6, 6.07) is 11.2. The second-order valence-electron chi connectivity index (χ2n) is 5.38. The summed E-state index contributed by atoms with van der Waals surface area (Å²) in [5, 5.41) is 11.6. The van der Waals surface area contributed by atoms with Crippen LogP contribution in [0.2, 0.25) is 0 Å². The molecule has 0 aliphatic rings. The number of hydrogen-bond acceptors (Lipinski definition) is 8. The van der Waals surface area contributed by atoms with E-state index in [1.807, 2.05) is 0 Å². The number of rotatable bonds is 9. The summed E-state index contributed by atoms with van der Waals surface area (Å²) in [6.45, 7) is -0.854. The Morgan fingerprint density at radius 1 is 1.10 bits per heavy atom. The van der Waals surface area contributed by atoms with Crippen molar-refractivity contribution >= 4 is 23.6 Å². The number of methoxy groups -OCH3 is 2. The Kier molecular flexibility index (Phi) is 7.54. The first-order chi connectivity index (χ1) is 13.9. The van der Waals surface area contributed by atoms with Crippen LogP contribution in [0.4, 0.5) is 5.69 Å². The molecule has 0 saturated heterocycles. The maximum absolute atomic E-state index is 12.2. The number of carbonyl (C=O) groups excluding carboxylic acids is 2. The van der Waals surface area contributed by atoms with E-state index in [-0.39, 0.29) is 11.3 Å². The molecule has 0 fully saturated rings. The van der Waals surface area contributed by atoms with Crippen LogP contribution in [0.3, 0.4) is 0 Å². The van der Waals surface area contributed by atoms with Gasteiger partial charge < -0.3 is 19.5 Å². The van der Waals surface area contributed by atoms with E-state index in [1.54, 1.807) is 36.4 Å². The summed E-state index contributed by atoms with van der Waals surface area (Å²) in [5.41, 5.74) is 0.898. The van der Waals surface area contributed by atoms with Crippen LogP contribution >= 0.6 is 0 Å². The van der Waals surface area contributed by atoms with Crippen LogP contribution in [-0.4, -0.2) is 38.0 Å². The molecule has 10 nitrogen and oxygen atoms in total. The first kappa shape index (κ1) is 21.2. The fourth-order valence-corrected chi connectivity index (χ4v) is 2.27. The van der Waals surface area contributed by atoms with Gasteiger partial charge in [0.25, 0.3) is 5.09 Å². The molecule has 10 heteroatoms. The standard InChI is InChI=1S/C19H18N2O8/c1-26-16-9-7-13(11-17(16)27-2)8-10-18(22)20-15-6-4-3-5-14(15)19(23)28-12-29-21(24)25/h3-11H,12H2,1-2H3,(H,20,22)/b10-8+. The third kappa shape index (κ3) is 6.24. The van der Waals surface area contributed by atoms with Gasteiger partial charge >= 0.3 is 5.97 Å². The summed E-state index contributed by atoms with van der Waals surface area (Å²) < 4.78 is 15.0. The first-order valence-corrected chi connectivity index (χ1v) is 8.19. The maximum Gasteiger partial charge on any atom is 0.342 e. The Hall–Kier alpha value is -4.08. The number of para-hydroxylation sites is 1. The largest absolute Gasteiger partial charge is 0.493 e. The van der Waals surface area contributed by atoms with Crippen molar-refractivity contribution in [3.63, 3.8) is 0 Å². The molecule has 0 spiro atoms. The third-order valence-corrected chi connectivity index (χ3v) is 3.59. The van der Waals surface area contributed by atoms with Crippen molar-refractivity contribution in [3.05, 3.63) is 69.8 Å². The monoisotopic (exact) mass is 402 g/mol. The van der Waals surface area contributed by atoms with Gasteiger partial charge in [-0.2, -0.15) is 0 Å². The van der Waals surface area contributed by atoms with Crippen LogP contribution in [-0.2, 0) is 14.4 Å². The molecule has 0 aromatic heterocycles. The van der Waals surface area contributed by atoms with Gasteiger partial charge in [-0.1, -0.05) is 18.2 Å². The van der Waals surface area contributed by atoms with Crippen molar-refractivity contribution in [2.45, 2.75) is 0 Å². The normalized spacial score (nSPS) is 10.3. The molecule has 0 bridgehead atoms. The van der Waals surface area contributed by atoms with Crippen LogP contribution in [0.5, 0.6) is 11.5 Å². The predicted octanol–water partition coefficient (Wildman–Crippen LogP) is 2.68. The zero-order valence-corrected chi connectivity index (χ0v) is 15.6. The second kappa shape index (κ2) is 10.3. The highest BCUT2D eigenvalue weighted by Gasteiger charge is 2.14. The highest BCUT2D eigenvalue weighted by Crippen LogP contribution is 2.28. The van der Waals surface area contributed by atoms with Crippen molar-refractivity contribution < 1.29 is 33.7 Å². The van der Waals surface area contributed by atoms with E-state index in [2.05, 4.69) is 14.9 Å². The topological polar surface area (TPSA) is 126 Å². The molecule has 0 radical (unpaired) electrons. The van der Waals surface area contributed by atoms with Gasteiger partial charge in [0.2, 0.25) is 12.7 Å². The third-order valence-electron chi connectivity index (χ3n) is 3.59. The average Bonchev–Trinajstić information content (AvgIpc) is 2.72. The Labute approximate surface area is 165 Å². The molecule has 2 aromatic carbocycles. The lowest BCUT2D eigenvalue weighted by atomic mass is 10.1. The number of esters is 1.